The zero-order chi connectivity index (χ0) is 21.5. The lowest BCUT2D eigenvalue weighted by atomic mass is 10.1. The van der Waals surface area contributed by atoms with Crippen molar-refractivity contribution in [3.8, 4) is 0 Å². The molecule has 0 unspecified atom stereocenters. The highest BCUT2D eigenvalue weighted by Crippen LogP contribution is 2.15. The van der Waals surface area contributed by atoms with Crippen molar-refractivity contribution in [3.63, 3.8) is 0 Å². The van der Waals surface area contributed by atoms with Gasteiger partial charge in [-0.1, -0.05) is 29.4 Å². The molecule has 2 aliphatic heterocycles. The van der Waals surface area contributed by atoms with Crippen molar-refractivity contribution >= 4 is 35.8 Å². The summed E-state index contributed by atoms with van der Waals surface area (Å²) in [4.78, 5) is 23.4. The van der Waals surface area contributed by atoms with Gasteiger partial charge in [0.2, 0.25) is 5.91 Å². The van der Waals surface area contributed by atoms with Crippen LogP contribution in [0, 0.1) is 0 Å². The van der Waals surface area contributed by atoms with Gasteiger partial charge in [-0.05, 0) is 24.5 Å². The largest absolute Gasteiger partial charge is 0.364 e. The highest BCUT2D eigenvalue weighted by molar-refractivity contribution is 14.0. The van der Waals surface area contributed by atoms with E-state index in [0.29, 0.717) is 19.5 Å². The van der Waals surface area contributed by atoms with Crippen LogP contribution in [0.1, 0.15) is 36.6 Å². The Bertz CT molecular complexity index is 863. The molecule has 32 heavy (non-hydrogen) atoms. The molecule has 0 spiro atoms. The second-order valence-electron chi connectivity index (χ2n) is 8.16. The third kappa shape index (κ3) is 6.68. The van der Waals surface area contributed by atoms with Crippen molar-refractivity contribution in [1.29, 1.82) is 0 Å². The lowest BCUT2D eigenvalue weighted by Crippen LogP contribution is -2.52. The van der Waals surface area contributed by atoms with E-state index in [1.165, 1.54) is 11.1 Å². The van der Waals surface area contributed by atoms with Crippen molar-refractivity contribution < 1.29 is 9.32 Å². The van der Waals surface area contributed by atoms with E-state index in [0.717, 1.165) is 63.9 Å². The molecule has 1 amide bonds. The molecule has 9 heteroatoms. The van der Waals surface area contributed by atoms with Crippen LogP contribution in [0.2, 0.25) is 0 Å². The molecule has 4 rings (SSSR count). The van der Waals surface area contributed by atoms with Crippen LogP contribution in [0.5, 0.6) is 0 Å². The topological polar surface area (TPSA) is 77.2 Å². The molecule has 0 saturated carbocycles. The van der Waals surface area contributed by atoms with Crippen LogP contribution in [-0.4, -0.2) is 71.0 Å². The third-order valence-corrected chi connectivity index (χ3v) is 5.86. The lowest BCUT2D eigenvalue weighted by molar-refractivity contribution is -0.128. The van der Waals surface area contributed by atoms with E-state index in [9.17, 15) is 4.79 Å². The van der Waals surface area contributed by atoms with E-state index in [1.54, 1.807) is 6.26 Å². The summed E-state index contributed by atoms with van der Waals surface area (Å²) in [6.45, 7) is 9.83. The third-order valence-electron chi connectivity index (χ3n) is 5.86. The highest BCUT2D eigenvalue weighted by Gasteiger charge is 2.21. The minimum atomic E-state index is 0. The first kappa shape index (κ1) is 24.5. The summed E-state index contributed by atoms with van der Waals surface area (Å²) in [5.41, 5.74) is 3.33. The Hall–Kier alpha value is -2.14. The smallest absolute Gasteiger partial charge is 0.222 e. The van der Waals surface area contributed by atoms with Crippen LogP contribution in [0.3, 0.4) is 0 Å². The number of hydrogen-bond donors (Lipinski definition) is 1. The first-order valence-corrected chi connectivity index (χ1v) is 11.2. The fourth-order valence-corrected chi connectivity index (χ4v) is 4.10. The van der Waals surface area contributed by atoms with Crippen LogP contribution in [0.25, 0.3) is 0 Å². The average molecular weight is 552 g/mol. The predicted molar refractivity (Wildman–Crippen MR) is 135 cm³/mol. The Morgan fingerprint density at radius 2 is 1.81 bits per heavy atom. The van der Waals surface area contributed by atoms with E-state index in [1.807, 2.05) is 11.0 Å². The quantitative estimate of drug-likeness (QED) is 0.324. The van der Waals surface area contributed by atoms with Crippen LogP contribution in [0.4, 0.5) is 0 Å². The van der Waals surface area contributed by atoms with Gasteiger partial charge in [0.15, 0.2) is 5.96 Å². The molecule has 8 nitrogen and oxygen atoms in total. The number of likely N-dealkylation sites (tertiary alicyclic amines) is 1. The molecule has 0 radical (unpaired) electrons. The number of guanidine groups is 1. The van der Waals surface area contributed by atoms with E-state index in [-0.39, 0.29) is 29.9 Å². The second-order valence-corrected chi connectivity index (χ2v) is 8.16. The fraction of sp³-hybridized carbons (Fsp3) is 0.522. The standard InChI is InChI=1S/C23H32N6O2.HI/c1-2-24-23(28-13-11-27(12-14-28)18-21-9-15-31-26-21)25-16-19-5-7-20(8-6-19)17-29-10-3-4-22(29)30;/h5-9,15H,2-4,10-14,16-18H2,1H3,(H,24,25);1H. The molecule has 0 atom stereocenters. The summed E-state index contributed by atoms with van der Waals surface area (Å²) in [5.74, 6) is 1.24. The van der Waals surface area contributed by atoms with E-state index >= 15 is 0 Å². The Kier molecular flexibility index (Phi) is 9.34. The number of nitrogens with one attached hydrogen (secondary N) is 1. The van der Waals surface area contributed by atoms with E-state index in [2.05, 4.69) is 51.5 Å². The van der Waals surface area contributed by atoms with Gasteiger partial charge >= 0.3 is 0 Å². The molecule has 2 saturated heterocycles. The molecule has 1 N–H and O–H groups in total. The van der Waals surface area contributed by atoms with Crippen molar-refractivity contribution in [1.82, 2.24) is 25.2 Å². The Labute approximate surface area is 207 Å². The zero-order valence-electron chi connectivity index (χ0n) is 18.7. The molecule has 0 bridgehead atoms. The molecular formula is C23H33IN6O2. The highest BCUT2D eigenvalue weighted by atomic mass is 127. The molecule has 174 valence electrons. The summed E-state index contributed by atoms with van der Waals surface area (Å²) in [6, 6.07) is 10.4. The molecule has 0 aliphatic carbocycles. The number of aliphatic imine (C=N–C) groups is 1. The van der Waals surface area contributed by atoms with Crippen molar-refractivity contribution in [2.45, 2.75) is 39.4 Å². The van der Waals surface area contributed by atoms with E-state index in [4.69, 9.17) is 9.52 Å². The van der Waals surface area contributed by atoms with Crippen LogP contribution in [-0.2, 0) is 24.4 Å². The first-order valence-electron chi connectivity index (χ1n) is 11.2. The molecule has 2 fully saturated rings. The van der Waals surface area contributed by atoms with Gasteiger partial charge in [-0.15, -0.1) is 24.0 Å². The van der Waals surface area contributed by atoms with Gasteiger partial charge < -0.3 is 19.6 Å². The number of hydrogen-bond acceptors (Lipinski definition) is 5. The minimum Gasteiger partial charge on any atom is -0.364 e. The average Bonchev–Trinajstić information content (AvgIpc) is 3.45. The van der Waals surface area contributed by atoms with Gasteiger partial charge in [-0.3, -0.25) is 9.69 Å². The summed E-state index contributed by atoms with van der Waals surface area (Å²) in [5, 5.41) is 7.44. The van der Waals surface area contributed by atoms with Gasteiger partial charge in [0.25, 0.3) is 0 Å². The van der Waals surface area contributed by atoms with Gasteiger partial charge in [-0.25, -0.2) is 4.99 Å². The number of aromatic nitrogens is 1. The number of nitrogens with zero attached hydrogens (tertiary/aromatic N) is 5. The number of carbonyl (C=O) groups is 1. The van der Waals surface area contributed by atoms with Gasteiger partial charge in [-0.2, -0.15) is 0 Å². The van der Waals surface area contributed by atoms with Gasteiger partial charge in [0.1, 0.15) is 6.26 Å². The predicted octanol–water partition coefficient (Wildman–Crippen LogP) is 2.70. The SMILES string of the molecule is CCNC(=NCc1ccc(CN2CCCC2=O)cc1)N1CCN(Cc2ccon2)CC1.I. The van der Waals surface area contributed by atoms with E-state index < -0.39 is 0 Å². The Morgan fingerprint density at radius 1 is 1.06 bits per heavy atom. The number of benzene rings is 1. The molecule has 1 aromatic carbocycles. The molecule has 1 aromatic heterocycles. The second kappa shape index (κ2) is 12.2. The summed E-state index contributed by atoms with van der Waals surface area (Å²) < 4.78 is 4.93. The van der Waals surface area contributed by atoms with Crippen molar-refractivity contribution in [2.24, 2.45) is 4.99 Å². The molecule has 2 aromatic rings. The number of piperazine rings is 1. The Morgan fingerprint density at radius 3 is 2.44 bits per heavy atom. The zero-order valence-corrected chi connectivity index (χ0v) is 21.0. The van der Waals surface area contributed by atoms with Gasteiger partial charge in [0, 0.05) is 64.8 Å². The number of amides is 1. The fourth-order valence-electron chi connectivity index (χ4n) is 4.10. The summed E-state index contributed by atoms with van der Waals surface area (Å²) >= 11 is 0. The molecule has 2 aliphatic rings. The molecular weight excluding hydrogens is 519 g/mol. The maximum absolute atomic E-state index is 11.8. The summed E-state index contributed by atoms with van der Waals surface area (Å²) in [6.07, 6.45) is 3.29. The molecule has 3 heterocycles. The lowest BCUT2D eigenvalue weighted by Gasteiger charge is -2.36. The maximum atomic E-state index is 11.8. The van der Waals surface area contributed by atoms with Crippen molar-refractivity contribution in [3.05, 3.63) is 53.4 Å². The Balaban J connectivity index is 0.00000289. The number of halogens is 1. The van der Waals surface area contributed by atoms with Crippen LogP contribution in [0.15, 0.2) is 46.1 Å². The maximum Gasteiger partial charge on any atom is 0.222 e. The van der Waals surface area contributed by atoms with Crippen LogP contribution >= 0.6 is 24.0 Å². The number of carbonyl (C=O) groups excluding carboxylic acids is 1. The summed E-state index contributed by atoms with van der Waals surface area (Å²) in [7, 11) is 0. The van der Waals surface area contributed by atoms with Crippen molar-refractivity contribution in [2.75, 3.05) is 39.3 Å². The van der Waals surface area contributed by atoms with Crippen LogP contribution < -0.4 is 5.32 Å². The minimum absolute atomic E-state index is 0. The monoisotopic (exact) mass is 552 g/mol. The number of rotatable bonds is 7. The normalized spacial score (nSPS) is 17.5. The first-order chi connectivity index (χ1) is 15.2. The van der Waals surface area contributed by atoms with Gasteiger partial charge in [0.05, 0.1) is 12.2 Å².